The van der Waals surface area contributed by atoms with Crippen LogP contribution in [-0.4, -0.2) is 27.7 Å². The van der Waals surface area contributed by atoms with Crippen LogP contribution in [0.2, 0.25) is 0 Å². The van der Waals surface area contributed by atoms with Crippen molar-refractivity contribution in [2.75, 3.05) is 0 Å². The van der Waals surface area contributed by atoms with Gasteiger partial charge >= 0.3 is 0 Å². The number of Topliss-reactive ketones (excluding diaryl/α,β-unsaturated/α-hetero) is 1. The highest BCUT2D eigenvalue weighted by Crippen LogP contribution is 2.58. The fourth-order valence-electron chi connectivity index (χ4n) is 6.13. The molecule has 4 bridgehead atoms. The molecule has 0 aromatic rings. The van der Waals surface area contributed by atoms with Crippen LogP contribution in [0.3, 0.4) is 0 Å². The van der Waals surface area contributed by atoms with Crippen molar-refractivity contribution in [1.82, 2.24) is 0 Å². The van der Waals surface area contributed by atoms with Crippen LogP contribution < -0.4 is 0 Å². The predicted octanol–water partition coefficient (Wildman–Crippen LogP) is 3.03. The maximum atomic E-state index is 12.5. The van der Waals surface area contributed by atoms with E-state index in [-0.39, 0.29) is 29.5 Å². The second-order valence-corrected chi connectivity index (χ2v) is 8.74. The van der Waals surface area contributed by atoms with Crippen LogP contribution in [0, 0.1) is 41.4 Å². The molecule has 3 nitrogen and oxygen atoms in total. The molecule has 22 heavy (non-hydrogen) atoms. The number of ketones is 1. The zero-order valence-electron chi connectivity index (χ0n) is 14.5. The molecule has 3 saturated carbocycles. The lowest BCUT2D eigenvalue weighted by molar-refractivity contribution is -0.227. The average Bonchev–Trinajstić information content (AvgIpc) is 2.45. The van der Waals surface area contributed by atoms with Crippen molar-refractivity contribution in [3.05, 3.63) is 0 Å². The van der Waals surface area contributed by atoms with Crippen LogP contribution in [0.5, 0.6) is 0 Å². The van der Waals surface area contributed by atoms with Crippen molar-refractivity contribution in [3.63, 3.8) is 0 Å². The molecule has 0 aliphatic heterocycles. The lowest BCUT2D eigenvalue weighted by atomic mass is 9.47. The first-order chi connectivity index (χ1) is 10.3. The second-order valence-electron chi connectivity index (χ2n) is 8.74. The van der Waals surface area contributed by atoms with Crippen molar-refractivity contribution < 1.29 is 15.0 Å². The van der Waals surface area contributed by atoms with E-state index in [2.05, 4.69) is 27.7 Å². The number of hydrogen-bond acceptors (Lipinski definition) is 3. The fourth-order valence-corrected chi connectivity index (χ4v) is 6.13. The molecule has 0 radical (unpaired) electrons. The van der Waals surface area contributed by atoms with E-state index >= 15 is 0 Å². The molecular weight excluding hydrogens is 276 g/mol. The van der Waals surface area contributed by atoms with E-state index in [1.165, 1.54) is 0 Å². The number of aliphatic hydroxyl groups excluding tert-OH is 1. The van der Waals surface area contributed by atoms with Gasteiger partial charge in [0.2, 0.25) is 0 Å². The van der Waals surface area contributed by atoms with Crippen molar-refractivity contribution in [1.29, 1.82) is 0 Å². The van der Waals surface area contributed by atoms with Crippen LogP contribution in [0.25, 0.3) is 0 Å². The summed E-state index contributed by atoms with van der Waals surface area (Å²) in [6.07, 6.45) is 3.73. The lowest BCUT2D eigenvalue weighted by Gasteiger charge is -2.61. The van der Waals surface area contributed by atoms with Gasteiger partial charge in [0.15, 0.2) is 5.78 Å². The van der Waals surface area contributed by atoms with Gasteiger partial charge in [0.25, 0.3) is 0 Å². The predicted molar refractivity (Wildman–Crippen MR) is 86.2 cm³/mol. The van der Waals surface area contributed by atoms with Crippen LogP contribution in [0.1, 0.15) is 59.8 Å². The first-order valence-corrected chi connectivity index (χ1v) is 9.21. The number of hydrogen-bond donors (Lipinski definition) is 2. The Hall–Kier alpha value is -0.410. The topological polar surface area (TPSA) is 57.5 Å². The van der Waals surface area contributed by atoms with Crippen LogP contribution in [-0.2, 0) is 4.79 Å². The van der Waals surface area contributed by atoms with E-state index in [0.717, 1.165) is 25.7 Å². The molecule has 3 aliphatic carbocycles. The van der Waals surface area contributed by atoms with Gasteiger partial charge in [0.05, 0.1) is 5.60 Å². The Morgan fingerprint density at radius 2 is 1.82 bits per heavy atom. The Morgan fingerprint density at radius 1 is 1.14 bits per heavy atom. The minimum atomic E-state index is -0.956. The molecule has 0 aromatic carbocycles. The molecule has 126 valence electrons. The Labute approximate surface area is 134 Å². The van der Waals surface area contributed by atoms with Crippen molar-refractivity contribution in [2.45, 2.75) is 71.5 Å². The molecule has 0 saturated heterocycles. The highest BCUT2D eigenvalue weighted by atomic mass is 16.3. The molecule has 0 aromatic heterocycles. The van der Waals surface area contributed by atoms with E-state index in [1.807, 2.05) is 0 Å². The van der Waals surface area contributed by atoms with Crippen molar-refractivity contribution in [3.8, 4) is 0 Å². The van der Waals surface area contributed by atoms with Gasteiger partial charge in [-0.1, -0.05) is 34.1 Å². The Morgan fingerprint density at radius 3 is 2.45 bits per heavy atom. The maximum absolute atomic E-state index is 12.5. The monoisotopic (exact) mass is 308 g/mol. The molecule has 0 heterocycles. The van der Waals surface area contributed by atoms with E-state index in [0.29, 0.717) is 24.2 Å². The summed E-state index contributed by atoms with van der Waals surface area (Å²) in [7, 11) is 0. The van der Waals surface area contributed by atoms with E-state index in [4.69, 9.17) is 0 Å². The second kappa shape index (κ2) is 5.59. The molecule has 3 aliphatic rings. The van der Waals surface area contributed by atoms with Gasteiger partial charge in [-0.2, -0.15) is 0 Å². The molecule has 3 fully saturated rings. The summed E-state index contributed by atoms with van der Waals surface area (Å²) < 4.78 is 0. The molecule has 3 heteroatoms. The number of aliphatic hydroxyl groups is 2. The first-order valence-electron chi connectivity index (χ1n) is 9.21. The summed E-state index contributed by atoms with van der Waals surface area (Å²) in [5.41, 5.74) is -0.861. The van der Waals surface area contributed by atoms with Gasteiger partial charge in [-0.3, -0.25) is 4.79 Å². The molecule has 3 rings (SSSR count). The number of carbonyl (C=O) groups is 1. The molecule has 0 unspecified atom stereocenters. The minimum Gasteiger partial charge on any atom is -0.389 e. The zero-order valence-corrected chi connectivity index (χ0v) is 14.5. The van der Waals surface area contributed by atoms with Gasteiger partial charge in [-0.25, -0.2) is 0 Å². The minimum absolute atomic E-state index is 0.0266. The molecule has 0 spiro atoms. The van der Waals surface area contributed by atoms with E-state index < -0.39 is 11.7 Å². The van der Waals surface area contributed by atoms with Crippen LogP contribution in [0.15, 0.2) is 0 Å². The summed E-state index contributed by atoms with van der Waals surface area (Å²) in [6, 6.07) is 0. The summed E-state index contributed by atoms with van der Waals surface area (Å²) in [6.45, 7) is 8.82. The molecule has 0 amide bonds. The molecular formula is C19H32O3. The molecule has 2 N–H and O–H groups in total. The standard InChI is InChI=1S/C19H32O3/c1-10(2)13-7-5-11(3)14-8-6-12(4)19(22)15(13)9-16(20)18(21)17(14)19/h10-15,17-18,21-22H,5-9H2,1-4H3/t11-,12-,13-,14+,15+,17+,18-,19+/m1/s1. The maximum Gasteiger partial charge on any atom is 0.162 e. The summed E-state index contributed by atoms with van der Waals surface area (Å²) >= 11 is 0. The molecule has 8 atom stereocenters. The normalized spacial score (nSPS) is 52.3. The van der Waals surface area contributed by atoms with Gasteiger partial charge in [0, 0.05) is 12.3 Å². The third-order valence-electron chi connectivity index (χ3n) is 7.46. The van der Waals surface area contributed by atoms with Gasteiger partial charge < -0.3 is 10.2 Å². The first kappa shape index (κ1) is 16.4. The smallest absolute Gasteiger partial charge is 0.162 e. The lowest BCUT2D eigenvalue weighted by Crippen LogP contribution is -2.67. The van der Waals surface area contributed by atoms with Crippen molar-refractivity contribution >= 4 is 5.78 Å². The number of rotatable bonds is 1. The fraction of sp³-hybridized carbons (Fsp3) is 0.947. The quantitative estimate of drug-likeness (QED) is 0.783. The van der Waals surface area contributed by atoms with Gasteiger partial charge in [-0.15, -0.1) is 0 Å². The third-order valence-corrected chi connectivity index (χ3v) is 7.46. The van der Waals surface area contributed by atoms with E-state index in [9.17, 15) is 15.0 Å². The largest absolute Gasteiger partial charge is 0.389 e. The van der Waals surface area contributed by atoms with Crippen LogP contribution in [0.4, 0.5) is 0 Å². The highest BCUT2D eigenvalue weighted by Gasteiger charge is 2.63. The Bertz CT molecular complexity index is 446. The summed E-state index contributed by atoms with van der Waals surface area (Å²) in [5, 5.41) is 22.4. The van der Waals surface area contributed by atoms with Gasteiger partial charge in [-0.05, 0) is 54.8 Å². The Balaban J connectivity index is 2.12. The Kier molecular flexibility index (Phi) is 4.18. The average molecular weight is 308 g/mol. The highest BCUT2D eigenvalue weighted by molar-refractivity contribution is 5.85. The zero-order chi connectivity index (χ0) is 16.2. The summed E-state index contributed by atoms with van der Waals surface area (Å²) in [5.74, 6) is 1.54. The SMILES string of the molecule is CC(C)[C@H]1CC[C@@H](C)[C@@H]2CC[C@@H](C)[C@@]3(O)[C@@H]2[C@H](O)C(=O)C[C@@H]13. The third kappa shape index (κ3) is 2.19. The van der Waals surface area contributed by atoms with Crippen molar-refractivity contribution in [2.24, 2.45) is 41.4 Å². The number of carbonyl (C=O) groups excluding carboxylic acids is 1. The van der Waals surface area contributed by atoms with Crippen LogP contribution >= 0.6 is 0 Å². The summed E-state index contributed by atoms with van der Waals surface area (Å²) in [4.78, 5) is 12.5. The van der Waals surface area contributed by atoms with Gasteiger partial charge in [0.1, 0.15) is 6.10 Å². The van der Waals surface area contributed by atoms with E-state index in [1.54, 1.807) is 0 Å².